The van der Waals surface area contributed by atoms with E-state index in [2.05, 4.69) is 21.4 Å². The zero-order chi connectivity index (χ0) is 11.5. The summed E-state index contributed by atoms with van der Waals surface area (Å²) in [6.07, 6.45) is 3.12. The summed E-state index contributed by atoms with van der Waals surface area (Å²) in [6.45, 7) is 0. The lowest BCUT2D eigenvalue weighted by atomic mass is 10.0. The number of hydrogen-bond donors (Lipinski definition) is 2. The zero-order valence-electron chi connectivity index (χ0n) is 8.28. The second kappa shape index (κ2) is 4.78. The Morgan fingerprint density at radius 2 is 2.12 bits per heavy atom. The number of hydrogen-bond acceptors (Lipinski definition) is 3. The lowest BCUT2D eigenvalue weighted by Crippen LogP contribution is -2.28. The van der Waals surface area contributed by atoms with Gasteiger partial charge in [0.25, 0.3) is 0 Å². The van der Waals surface area contributed by atoms with Gasteiger partial charge >= 0.3 is 0 Å². The van der Waals surface area contributed by atoms with Crippen molar-refractivity contribution in [3.63, 3.8) is 0 Å². The van der Waals surface area contributed by atoms with Crippen LogP contribution in [-0.2, 0) is 0 Å². The summed E-state index contributed by atoms with van der Waals surface area (Å²) in [5, 5.41) is 0. The number of halogens is 2. The standard InChI is InChI=1S/C11H10BrFN2O/c12-9-3-8(4-10(13)5-9)11(15-14)7-1-2-16-6-7/h1-6,11,15H,14H2. The SMILES string of the molecule is NNC(c1ccoc1)c1cc(F)cc(Br)c1. The molecule has 3 nitrogen and oxygen atoms in total. The summed E-state index contributed by atoms with van der Waals surface area (Å²) in [6, 6.07) is 6.13. The molecule has 0 amide bonds. The van der Waals surface area contributed by atoms with E-state index in [0.717, 1.165) is 11.1 Å². The number of nitrogens with one attached hydrogen (secondary N) is 1. The Hall–Kier alpha value is -1.17. The fraction of sp³-hybridized carbons (Fsp3) is 0.0909. The van der Waals surface area contributed by atoms with E-state index in [1.54, 1.807) is 24.7 Å². The van der Waals surface area contributed by atoms with Crippen molar-refractivity contribution in [1.29, 1.82) is 0 Å². The van der Waals surface area contributed by atoms with Crippen LogP contribution in [0.25, 0.3) is 0 Å². The molecule has 2 aromatic rings. The molecule has 84 valence electrons. The molecule has 1 heterocycles. The van der Waals surface area contributed by atoms with Gasteiger partial charge in [-0.05, 0) is 29.8 Å². The third-order valence-electron chi connectivity index (χ3n) is 2.26. The highest BCUT2D eigenvalue weighted by atomic mass is 79.9. The maximum absolute atomic E-state index is 13.2. The maximum atomic E-state index is 13.2. The Balaban J connectivity index is 2.41. The molecule has 5 heteroatoms. The molecule has 0 saturated carbocycles. The Bertz CT molecular complexity index is 453. The summed E-state index contributed by atoms with van der Waals surface area (Å²) in [7, 11) is 0. The molecule has 1 atom stereocenters. The number of furan rings is 1. The van der Waals surface area contributed by atoms with E-state index in [-0.39, 0.29) is 11.9 Å². The highest BCUT2D eigenvalue weighted by Crippen LogP contribution is 2.25. The summed E-state index contributed by atoms with van der Waals surface area (Å²) in [5.74, 6) is 5.15. The van der Waals surface area contributed by atoms with Gasteiger partial charge in [0.15, 0.2) is 0 Å². The molecule has 0 aliphatic heterocycles. The molecule has 2 rings (SSSR count). The van der Waals surface area contributed by atoms with Gasteiger partial charge in [-0.15, -0.1) is 0 Å². The van der Waals surface area contributed by atoms with Gasteiger partial charge in [-0.25, -0.2) is 9.82 Å². The number of nitrogens with two attached hydrogens (primary N) is 1. The molecule has 3 N–H and O–H groups in total. The van der Waals surface area contributed by atoms with Crippen molar-refractivity contribution in [2.24, 2.45) is 5.84 Å². The largest absolute Gasteiger partial charge is 0.472 e. The van der Waals surface area contributed by atoms with Crippen molar-refractivity contribution in [2.75, 3.05) is 0 Å². The van der Waals surface area contributed by atoms with Crippen molar-refractivity contribution in [2.45, 2.75) is 6.04 Å². The molecule has 16 heavy (non-hydrogen) atoms. The van der Waals surface area contributed by atoms with Gasteiger partial charge in [0.2, 0.25) is 0 Å². The molecular weight excluding hydrogens is 275 g/mol. The third kappa shape index (κ3) is 2.32. The predicted molar refractivity (Wildman–Crippen MR) is 62.0 cm³/mol. The van der Waals surface area contributed by atoms with Crippen LogP contribution in [-0.4, -0.2) is 0 Å². The summed E-state index contributed by atoms with van der Waals surface area (Å²) in [4.78, 5) is 0. The zero-order valence-corrected chi connectivity index (χ0v) is 9.87. The Kier molecular flexibility index (Phi) is 3.38. The van der Waals surface area contributed by atoms with Crippen LogP contribution in [0.2, 0.25) is 0 Å². The quantitative estimate of drug-likeness (QED) is 0.673. The van der Waals surface area contributed by atoms with Gasteiger partial charge in [-0.1, -0.05) is 15.9 Å². The third-order valence-corrected chi connectivity index (χ3v) is 2.72. The highest BCUT2D eigenvalue weighted by Gasteiger charge is 2.14. The molecule has 1 aromatic carbocycles. The average molecular weight is 285 g/mol. The first kappa shape index (κ1) is 11.3. The van der Waals surface area contributed by atoms with E-state index in [1.165, 1.54) is 12.1 Å². The van der Waals surface area contributed by atoms with Gasteiger partial charge < -0.3 is 4.42 Å². The number of hydrazine groups is 1. The van der Waals surface area contributed by atoms with Gasteiger partial charge in [0.1, 0.15) is 5.82 Å². The fourth-order valence-corrected chi connectivity index (χ4v) is 2.05. The highest BCUT2D eigenvalue weighted by molar-refractivity contribution is 9.10. The smallest absolute Gasteiger partial charge is 0.124 e. The first-order chi connectivity index (χ1) is 7.70. The van der Waals surface area contributed by atoms with Crippen molar-refractivity contribution in [1.82, 2.24) is 5.43 Å². The van der Waals surface area contributed by atoms with E-state index in [9.17, 15) is 4.39 Å². The summed E-state index contributed by atoms with van der Waals surface area (Å²) >= 11 is 3.24. The van der Waals surface area contributed by atoms with E-state index in [4.69, 9.17) is 10.3 Å². The van der Waals surface area contributed by atoms with E-state index in [0.29, 0.717) is 4.47 Å². The van der Waals surface area contributed by atoms with Crippen LogP contribution in [0.15, 0.2) is 45.7 Å². The normalized spacial score (nSPS) is 12.7. The molecule has 1 unspecified atom stereocenters. The predicted octanol–water partition coefficient (Wildman–Crippen LogP) is 2.73. The molecule has 0 aliphatic rings. The topological polar surface area (TPSA) is 51.2 Å². The second-order valence-electron chi connectivity index (χ2n) is 3.36. The van der Waals surface area contributed by atoms with Crippen LogP contribution in [0.5, 0.6) is 0 Å². The van der Waals surface area contributed by atoms with Crippen LogP contribution < -0.4 is 11.3 Å². The first-order valence-electron chi connectivity index (χ1n) is 4.65. The van der Waals surface area contributed by atoms with E-state index >= 15 is 0 Å². The van der Waals surface area contributed by atoms with Crippen LogP contribution in [0.1, 0.15) is 17.2 Å². The summed E-state index contributed by atoms with van der Waals surface area (Å²) < 4.78 is 18.9. The molecule has 0 aliphatic carbocycles. The van der Waals surface area contributed by atoms with E-state index in [1.807, 2.05) is 0 Å². The lowest BCUT2D eigenvalue weighted by Gasteiger charge is -2.14. The Labute approximate surface area is 101 Å². The minimum absolute atomic E-state index is 0.286. The van der Waals surface area contributed by atoms with Crippen molar-refractivity contribution in [3.05, 3.63) is 58.2 Å². The van der Waals surface area contributed by atoms with E-state index < -0.39 is 0 Å². The van der Waals surface area contributed by atoms with Gasteiger partial charge in [0.05, 0.1) is 18.6 Å². The Morgan fingerprint density at radius 1 is 1.31 bits per heavy atom. The lowest BCUT2D eigenvalue weighted by molar-refractivity contribution is 0.551. The maximum Gasteiger partial charge on any atom is 0.124 e. The van der Waals surface area contributed by atoms with Crippen LogP contribution in [0.4, 0.5) is 4.39 Å². The Morgan fingerprint density at radius 3 is 2.69 bits per heavy atom. The van der Waals surface area contributed by atoms with Crippen molar-refractivity contribution < 1.29 is 8.81 Å². The molecule has 1 aromatic heterocycles. The second-order valence-corrected chi connectivity index (χ2v) is 4.27. The van der Waals surface area contributed by atoms with Crippen molar-refractivity contribution in [3.8, 4) is 0 Å². The first-order valence-corrected chi connectivity index (χ1v) is 5.44. The fourth-order valence-electron chi connectivity index (χ4n) is 1.57. The number of rotatable bonds is 3. The molecular formula is C11H10BrFN2O. The van der Waals surface area contributed by atoms with Crippen LogP contribution in [0.3, 0.4) is 0 Å². The minimum atomic E-state index is -0.312. The van der Waals surface area contributed by atoms with Gasteiger partial charge in [0, 0.05) is 10.0 Å². The molecule has 0 radical (unpaired) electrons. The number of benzene rings is 1. The minimum Gasteiger partial charge on any atom is -0.472 e. The average Bonchev–Trinajstić information content (AvgIpc) is 2.70. The van der Waals surface area contributed by atoms with Crippen LogP contribution >= 0.6 is 15.9 Å². The van der Waals surface area contributed by atoms with Crippen molar-refractivity contribution >= 4 is 15.9 Å². The van der Waals surface area contributed by atoms with Crippen LogP contribution in [0, 0.1) is 5.82 Å². The van der Waals surface area contributed by atoms with Gasteiger partial charge in [-0.2, -0.15) is 0 Å². The van der Waals surface area contributed by atoms with Gasteiger partial charge in [-0.3, -0.25) is 5.84 Å². The molecule has 0 saturated heterocycles. The molecule has 0 fully saturated rings. The molecule has 0 bridgehead atoms. The summed E-state index contributed by atoms with van der Waals surface area (Å²) in [5.41, 5.74) is 4.21. The molecule has 0 spiro atoms. The monoisotopic (exact) mass is 284 g/mol.